The molecule has 0 atom stereocenters. The lowest BCUT2D eigenvalue weighted by Crippen LogP contribution is -2.44. The van der Waals surface area contributed by atoms with E-state index in [4.69, 9.17) is 9.72 Å². The Bertz CT molecular complexity index is 1980. The molecule has 0 saturated carbocycles. The SMILES string of the molecule is O=c1[nH]c(=O)n(-c2ccc(N3CCNCC3)c(C(F)(F)F)c2)c2c1cnc1ccc(-c3cnc(N4CCOCC4)nc3)nc12. The summed E-state index contributed by atoms with van der Waals surface area (Å²) in [4.78, 5) is 50.1. The van der Waals surface area contributed by atoms with Gasteiger partial charge in [-0.15, -0.1) is 0 Å². The summed E-state index contributed by atoms with van der Waals surface area (Å²) in [7, 11) is 0. The summed E-state index contributed by atoms with van der Waals surface area (Å²) >= 11 is 0. The number of halogens is 3. The normalized spacial score (nSPS) is 16.2. The minimum absolute atomic E-state index is 0.000375. The highest BCUT2D eigenvalue weighted by molar-refractivity contribution is 6.01. The topological polar surface area (TPSA) is 134 Å². The number of H-pyrrole nitrogens is 1. The van der Waals surface area contributed by atoms with E-state index in [-0.39, 0.29) is 27.8 Å². The first-order chi connectivity index (χ1) is 21.3. The number of nitrogens with one attached hydrogen (secondary N) is 2. The Hall–Kier alpha value is -4.89. The number of alkyl halides is 3. The number of ether oxygens (including phenoxy) is 1. The van der Waals surface area contributed by atoms with Gasteiger partial charge in [0.15, 0.2) is 0 Å². The van der Waals surface area contributed by atoms with E-state index in [1.807, 2.05) is 4.90 Å². The lowest BCUT2D eigenvalue weighted by molar-refractivity contribution is -0.137. The van der Waals surface area contributed by atoms with Crippen LogP contribution in [0.15, 0.2) is 58.5 Å². The van der Waals surface area contributed by atoms with Crippen LogP contribution in [0.3, 0.4) is 0 Å². The molecule has 0 bridgehead atoms. The Labute approximate surface area is 247 Å². The zero-order valence-electron chi connectivity index (χ0n) is 23.3. The number of pyridine rings is 2. The predicted molar refractivity (Wildman–Crippen MR) is 157 cm³/mol. The first kappa shape index (κ1) is 27.9. The van der Waals surface area contributed by atoms with Crippen LogP contribution in [0.1, 0.15) is 5.56 Å². The number of morpholine rings is 1. The summed E-state index contributed by atoms with van der Waals surface area (Å²) in [5.41, 5.74) is -0.994. The fourth-order valence-corrected chi connectivity index (χ4v) is 5.63. The van der Waals surface area contributed by atoms with Crippen LogP contribution in [0, 0.1) is 0 Å². The molecule has 12 nitrogen and oxygen atoms in total. The third-order valence-electron chi connectivity index (χ3n) is 7.81. The summed E-state index contributed by atoms with van der Waals surface area (Å²) in [6.07, 6.45) is -0.169. The molecule has 2 N–H and O–H groups in total. The number of hydrogen-bond acceptors (Lipinski definition) is 10. The highest BCUT2D eigenvalue weighted by atomic mass is 19.4. The van der Waals surface area contributed by atoms with E-state index in [0.29, 0.717) is 75.2 Å². The molecule has 5 aromatic rings. The zero-order valence-corrected chi connectivity index (χ0v) is 23.3. The van der Waals surface area contributed by atoms with Crippen molar-refractivity contribution in [2.75, 3.05) is 62.3 Å². The highest BCUT2D eigenvalue weighted by Gasteiger charge is 2.36. The minimum Gasteiger partial charge on any atom is -0.378 e. The molecule has 2 saturated heterocycles. The van der Waals surface area contributed by atoms with Gasteiger partial charge in [0.1, 0.15) is 5.52 Å². The minimum atomic E-state index is -4.69. The van der Waals surface area contributed by atoms with Gasteiger partial charge in [-0.3, -0.25) is 19.3 Å². The van der Waals surface area contributed by atoms with Crippen LogP contribution >= 0.6 is 0 Å². The number of anilines is 2. The third kappa shape index (κ3) is 5.03. The van der Waals surface area contributed by atoms with Crippen LogP contribution in [-0.4, -0.2) is 82.0 Å². The van der Waals surface area contributed by atoms with Gasteiger partial charge in [-0.1, -0.05) is 0 Å². The van der Waals surface area contributed by atoms with E-state index in [1.54, 1.807) is 29.4 Å². The van der Waals surface area contributed by atoms with Crippen LogP contribution in [0.25, 0.3) is 38.9 Å². The van der Waals surface area contributed by atoms with Crippen molar-refractivity contribution in [1.29, 1.82) is 0 Å². The van der Waals surface area contributed by atoms with Gasteiger partial charge >= 0.3 is 11.9 Å². The molecule has 15 heteroatoms. The molecule has 44 heavy (non-hydrogen) atoms. The molecule has 0 unspecified atom stereocenters. The second-order valence-corrected chi connectivity index (χ2v) is 10.5. The molecule has 2 fully saturated rings. The Morgan fingerprint density at radius 3 is 2.34 bits per heavy atom. The summed E-state index contributed by atoms with van der Waals surface area (Å²) < 4.78 is 49.6. The molecule has 0 spiro atoms. The van der Waals surface area contributed by atoms with E-state index >= 15 is 0 Å². The van der Waals surface area contributed by atoms with Gasteiger partial charge in [0.25, 0.3) is 5.56 Å². The summed E-state index contributed by atoms with van der Waals surface area (Å²) in [5, 5.41) is 3.13. The molecule has 4 aromatic heterocycles. The molecule has 2 aliphatic heterocycles. The van der Waals surface area contributed by atoms with Crippen LogP contribution in [-0.2, 0) is 10.9 Å². The van der Waals surface area contributed by atoms with Gasteiger partial charge in [0.2, 0.25) is 5.95 Å². The van der Waals surface area contributed by atoms with E-state index < -0.39 is 23.0 Å². The fraction of sp³-hybridized carbons (Fsp3) is 0.310. The molecule has 7 rings (SSSR count). The Kier molecular flexibility index (Phi) is 6.97. The second-order valence-electron chi connectivity index (χ2n) is 10.5. The Balaban J connectivity index is 1.39. The number of rotatable bonds is 4. The number of benzene rings is 1. The maximum absolute atomic E-state index is 14.4. The van der Waals surface area contributed by atoms with Crippen molar-refractivity contribution >= 4 is 33.6 Å². The standard InChI is InChI=1S/C29H26F3N9O3/c30-29(31,32)20-13-18(1-4-23(20)39-7-5-33-6-8-39)41-25-19(26(42)38-28(41)43)16-34-22-3-2-21(37-24(22)25)17-14-35-27(36-15-17)40-9-11-44-12-10-40/h1-4,13-16,33H,5-12H2,(H,38,42,43). The lowest BCUT2D eigenvalue weighted by atomic mass is 10.1. The van der Waals surface area contributed by atoms with Crippen LogP contribution in [0.2, 0.25) is 0 Å². The number of fused-ring (bicyclic) bond motifs is 3. The van der Waals surface area contributed by atoms with Crippen molar-refractivity contribution in [1.82, 2.24) is 34.8 Å². The van der Waals surface area contributed by atoms with E-state index in [0.717, 1.165) is 10.6 Å². The maximum atomic E-state index is 14.4. The lowest BCUT2D eigenvalue weighted by Gasteiger charge is -2.31. The third-order valence-corrected chi connectivity index (χ3v) is 7.81. The van der Waals surface area contributed by atoms with Gasteiger partial charge in [0, 0.05) is 69.1 Å². The number of piperazine rings is 1. The van der Waals surface area contributed by atoms with Crippen molar-refractivity contribution in [2.45, 2.75) is 6.18 Å². The van der Waals surface area contributed by atoms with Gasteiger partial charge in [0.05, 0.1) is 46.6 Å². The molecule has 1 aromatic carbocycles. The number of hydrogen-bond donors (Lipinski definition) is 2. The van der Waals surface area contributed by atoms with Gasteiger partial charge in [-0.05, 0) is 30.3 Å². The largest absolute Gasteiger partial charge is 0.418 e. The molecule has 0 aliphatic carbocycles. The molecule has 0 radical (unpaired) electrons. The van der Waals surface area contributed by atoms with E-state index in [1.165, 1.54) is 18.3 Å². The molecule has 6 heterocycles. The monoisotopic (exact) mass is 605 g/mol. The Morgan fingerprint density at radius 1 is 0.864 bits per heavy atom. The first-order valence-electron chi connectivity index (χ1n) is 14.0. The first-order valence-corrected chi connectivity index (χ1v) is 14.0. The molecule has 226 valence electrons. The fourth-order valence-electron chi connectivity index (χ4n) is 5.63. The summed E-state index contributed by atoms with van der Waals surface area (Å²) in [6, 6.07) is 7.11. The number of aromatic nitrogens is 6. The summed E-state index contributed by atoms with van der Waals surface area (Å²) in [5.74, 6) is 0.551. The summed E-state index contributed by atoms with van der Waals surface area (Å²) in [6.45, 7) is 4.43. The molecule has 2 aliphatic rings. The second kappa shape index (κ2) is 11.0. The number of aromatic amines is 1. The van der Waals surface area contributed by atoms with E-state index in [9.17, 15) is 22.8 Å². The molecule has 0 amide bonds. The van der Waals surface area contributed by atoms with Crippen molar-refractivity contribution in [3.8, 4) is 16.9 Å². The van der Waals surface area contributed by atoms with Crippen LogP contribution in [0.4, 0.5) is 24.8 Å². The van der Waals surface area contributed by atoms with Crippen molar-refractivity contribution in [3.63, 3.8) is 0 Å². The molecular weight excluding hydrogens is 579 g/mol. The average Bonchev–Trinajstić information content (AvgIpc) is 3.05. The zero-order chi connectivity index (χ0) is 30.4. The smallest absolute Gasteiger partial charge is 0.378 e. The quantitative estimate of drug-likeness (QED) is 0.294. The molecular formula is C29H26F3N9O3. The Morgan fingerprint density at radius 2 is 1.61 bits per heavy atom. The van der Waals surface area contributed by atoms with Crippen LogP contribution in [0.5, 0.6) is 0 Å². The van der Waals surface area contributed by atoms with E-state index in [2.05, 4.69) is 25.3 Å². The van der Waals surface area contributed by atoms with Crippen LogP contribution < -0.4 is 26.4 Å². The van der Waals surface area contributed by atoms with Crippen molar-refractivity contribution in [2.24, 2.45) is 0 Å². The maximum Gasteiger partial charge on any atom is 0.418 e. The average molecular weight is 606 g/mol. The van der Waals surface area contributed by atoms with Gasteiger partial charge in [-0.2, -0.15) is 13.2 Å². The van der Waals surface area contributed by atoms with Crippen molar-refractivity contribution in [3.05, 3.63) is 75.3 Å². The van der Waals surface area contributed by atoms with Gasteiger partial charge in [-0.25, -0.2) is 19.7 Å². The predicted octanol–water partition coefficient (Wildman–Crippen LogP) is 2.34. The highest BCUT2D eigenvalue weighted by Crippen LogP contribution is 2.38. The van der Waals surface area contributed by atoms with Crippen molar-refractivity contribution < 1.29 is 17.9 Å². The number of nitrogens with zero attached hydrogens (tertiary/aromatic N) is 7. The van der Waals surface area contributed by atoms with Gasteiger partial charge < -0.3 is 19.9 Å².